The maximum absolute atomic E-state index is 12.4. The summed E-state index contributed by atoms with van der Waals surface area (Å²) in [6, 6.07) is 17.9. The number of nitrogens with one attached hydrogen (secondary N) is 2. The van der Waals surface area contributed by atoms with Gasteiger partial charge >= 0.3 is 0 Å². The predicted molar refractivity (Wildman–Crippen MR) is 134 cm³/mol. The van der Waals surface area contributed by atoms with Gasteiger partial charge in [-0.2, -0.15) is 11.8 Å². The standard InChI is InChI=1S/C22H19Cl3N2O3S2/c23-18-8-6-15(12-19(18)24)14-31-11-10-26-22(28)16-7-9-21(20(25)13-16)27-32(29,30)17-4-2-1-3-5-17/h1-9,12-13,27H,10-11,14H2,(H,26,28). The highest BCUT2D eigenvalue weighted by molar-refractivity contribution is 7.98. The molecule has 0 radical (unpaired) electrons. The molecule has 0 saturated heterocycles. The lowest BCUT2D eigenvalue weighted by Gasteiger charge is -2.11. The number of carbonyl (C=O) groups is 1. The van der Waals surface area contributed by atoms with E-state index in [9.17, 15) is 13.2 Å². The van der Waals surface area contributed by atoms with Crippen molar-refractivity contribution in [1.82, 2.24) is 5.32 Å². The van der Waals surface area contributed by atoms with Crippen LogP contribution in [0.2, 0.25) is 15.1 Å². The maximum Gasteiger partial charge on any atom is 0.261 e. The summed E-state index contributed by atoms with van der Waals surface area (Å²) in [7, 11) is -3.77. The molecule has 2 N–H and O–H groups in total. The third-order valence-corrected chi connectivity index (χ3v) is 7.78. The first kappa shape index (κ1) is 24.7. The molecule has 0 heterocycles. The molecule has 0 aliphatic heterocycles. The first-order valence-corrected chi connectivity index (χ1v) is 13.2. The number of hydrogen-bond donors (Lipinski definition) is 2. The summed E-state index contributed by atoms with van der Waals surface area (Å²) in [5, 5.41) is 3.99. The van der Waals surface area contributed by atoms with Crippen molar-refractivity contribution in [2.24, 2.45) is 0 Å². The van der Waals surface area contributed by atoms with Crippen LogP contribution in [0.3, 0.4) is 0 Å². The molecule has 5 nitrogen and oxygen atoms in total. The Morgan fingerprint density at radius 2 is 1.62 bits per heavy atom. The highest BCUT2D eigenvalue weighted by Crippen LogP contribution is 2.26. The number of carbonyl (C=O) groups excluding carboxylic acids is 1. The zero-order valence-electron chi connectivity index (χ0n) is 16.6. The van der Waals surface area contributed by atoms with Gasteiger partial charge in [0.15, 0.2) is 0 Å². The molecule has 32 heavy (non-hydrogen) atoms. The molecule has 0 bridgehead atoms. The van der Waals surface area contributed by atoms with E-state index in [1.165, 1.54) is 30.3 Å². The van der Waals surface area contributed by atoms with E-state index in [-0.39, 0.29) is 21.5 Å². The highest BCUT2D eigenvalue weighted by atomic mass is 35.5. The van der Waals surface area contributed by atoms with Crippen molar-refractivity contribution in [3.05, 3.63) is 92.9 Å². The molecule has 0 aromatic heterocycles. The van der Waals surface area contributed by atoms with Crippen molar-refractivity contribution in [3.63, 3.8) is 0 Å². The number of amides is 1. The van der Waals surface area contributed by atoms with Crippen molar-refractivity contribution in [3.8, 4) is 0 Å². The molecule has 3 rings (SSSR count). The minimum Gasteiger partial charge on any atom is -0.351 e. The fourth-order valence-corrected chi connectivity index (χ4v) is 5.21. The number of anilines is 1. The third kappa shape index (κ3) is 6.80. The van der Waals surface area contributed by atoms with Gasteiger partial charge in [-0.05, 0) is 48.0 Å². The number of benzene rings is 3. The lowest BCUT2D eigenvalue weighted by Crippen LogP contribution is -2.25. The van der Waals surface area contributed by atoms with E-state index in [1.54, 1.807) is 36.0 Å². The van der Waals surface area contributed by atoms with E-state index < -0.39 is 10.0 Å². The average Bonchev–Trinajstić information content (AvgIpc) is 2.77. The number of thioether (sulfide) groups is 1. The Morgan fingerprint density at radius 1 is 0.875 bits per heavy atom. The lowest BCUT2D eigenvalue weighted by atomic mass is 10.2. The van der Waals surface area contributed by atoms with Gasteiger partial charge in [-0.1, -0.05) is 59.1 Å². The Labute approximate surface area is 206 Å². The highest BCUT2D eigenvalue weighted by Gasteiger charge is 2.16. The molecule has 0 atom stereocenters. The van der Waals surface area contributed by atoms with Crippen LogP contribution in [0.4, 0.5) is 5.69 Å². The molecule has 0 spiro atoms. The lowest BCUT2D eigenvalue weighted by molar-refractivity contribution is 0.0956. The van der Waals surface area contributed by atoms with Crippen LogP contribution < -0.4 is 10.0 Å². The van der Waals surface area contributed by atoms with Crippen molar-refractivity contribution >= 4 is 68.2 Å². The Bertz CT molecular complexity index is 1210. The first-order valence-electron chi connectivity index (χ1n) is 9.43. The van der Waals surface area contributed by atoms with Crippen molar-refractivity contribution in [2.75, 3.05) is 17.0 Å². The predicted octanol–water partition coefficient (Wildman–Crippen LogP) is 6.11. The molecule has 3 aromatic carbocycles. The molecule has 3 aromatic rings. The molecule has 10 heteroatoms. The van der Waals surface area contributed by atoms with Gasteiger partial charge in [0.1, 0.15) is 0 Å². The largest absolute Gasteiger partial charge is 0.351 e. The normalized spacial score (nSPS) is 11.2. The molecule has 1 amide bonds. The third-order valence-electron chi connectivity index (χ3n) is 4.31. The van der Waals surface area contributed by atoms with Crippen LogP contribution in [0.15, 0.2) is 71.6 Å². The Hall–Kier alpha value is -1.90. The second-order valence-electron chi connectivity index (χ2n) is 6.67. The number of halogens is 3. The van der Waals surface area contributed by atoms with Gasteiger partial charge in [-0.15, -0.1) is 0 Å². The Kier molecular flexibility index (Phi) is 8.73. The van der Waals surface area contributed by atoms with Crippen molar-refractivity contribution in [1.29, 1.82) is 0 Å². The Morgan fingerprint density at radius 3 is 2.31 bits per heavy atom. The van der Waals surface area contributed by atoms with E-state index in [2.05, 4.69) is 10.0 Å². The quantitative estimate of drug-likeness (QED) is 0.328. The fourth-order valence-electron chi connectivity index (χ4n) is 2.70. The topological polar surface area (TPSA) is 75.3 Å². The number of rotatable bonds is 9. The SMILES string of the molecule is O=C(NCCSCc1ccc(Cl)c(Cl)c1)c1ccc(NS(=O)(=O)c2ccccc2)c(Cl)c1. The summed E-state index contributed by atoms with van der Waals surface area (Å²) >= 11 is 19.8. The van der Waals surface area contributed by atoms with Crippen LogP contribution in [0.25, 0.3) is 0 Å². The maximum atomic E-state index is 12.4. The van der Waals surface area contributed by atoms with Gasteiger partial charge in [0, 0.05) is 23.6 Å². The van der Waals surface area contributed by atoms with Crippen LogP contribution in [0.1, 0.15) is 15.9 Å². The zero-order valence-corrected chi connectivity index (χ0v) is 20.5. The molecule has 168 valence electrons. The van der Waals surface area contributed by atoms with Crippen LogP contribution in [-0.4, -0.2) is 26.6 Å². The molecule has 0 fully saturated rings. The van der Waals surface area contributed by atoms with E-state index >= 15 is 0 Å². The van der Waals surface area contributed by atoms with Gasteiger partial charge in [0.2, 0.25) is 0 Å². The van der Waals surface area contributed by atoms with Crippen LogP contribution in [-0.2, 0) is 15.8 Å². The van der Waals surface area contributed by atoms with Crippen LogP contribution >= 0.6 is 46.6 Å². The number of sulfonamides is 1. The van der Waals surface area contributed by atoms with Gasteiger partial charge in [0.05, 0.1) is 25.7 Å². The summed E-state index contributed by atoms with van der Waals surface area (Å²) in [6.45, 7) is 0.463. The van der Waals surface area contributed by atoms with Crippen molar-refractivity contribution < 1.29 is 13.2 Å². The monoisotopic (exact) mass is 528 g/mol. The minimum absolute atomic E-state index is 0.122. The van der Waals surface area contributed by atoms with Gasteiger partial charge < -0.3 is 5.32 Å². The summed E-state index contributed by atoms with van der Waals surface area (Å²) in [5.41, 5.74) is 1.59. The molecule has 0 aliphatic rings. The van der Waals surface area contributed by atoms with E-state index in [4.69, 9.17) is 34.8 Å². The molecule has 0 saturated carbocycles. The average molecular weight is 530 g/mol. The minimum atomic E-state index is -3.77. The van der Waals surface area contributed by atoms with E-state index in [1.807, 2.05) is 12.1 Å². The van der Waals surface area contributed by atoms with Crippen LogP contribution in [0.5, 0.6) is 0 Å². The summed E-state index contributed by atoms with van der Waals surface area (Å²) in [6.07, 6.45) is 0. The van der Waals surface area contributed by atoms with E-state index in [0.717, 1.165) is 11.3 Å². The summed E-state index contributed by atoms with van der Waals surface area (Å²) in [5.74, 6) is 1.16. The summed E-state index contributed by atoms with van der Waals surface area (Å²) in [4.78, 5) is 12.5. The molecular formula is C22H19Cl3N2O3S2. The molecule has 0 unspecified atom stereocenters. The van der Waals surface area contributed by atoms with Gasteiger partial charge in [-0.3, -0.25) is 9.52 Å². The zero-order chi connectivity index (χ0) is 23.1. The molecular weight excluding hydrogens is 511 g/mol. The van der Waals surface area contributed by atoms with Gasteiger partial charge in [0.25, 0.3) is 15.9 Å². The fraction of sp³-hybridized carbons (Fsp3) is 0.136. The van der Waals surface area contributed by atoms with Gasteiger partial charge in [-0.25, -0.2) is 8.42 Å². The van der Waals surface area contributed by atoms with Crippen LogP contribution in [0, 0.1) is 0 Å². The first-order chi connectivity index (χ1) is 15.3. The summed E-state index contributed by atoms with van der Waals surface area (Å²) < 4.78 is 27.3. The second-order valence-corrected chi connectivity index (χ2v) is 10.7. The second kappa shape index (κ2) is 11.3. The van der Waals surface area contributed by atoms with E-state index in [0.29, 0.717) is 27.9 Å². The van der Waals surface area contributed by atoms with Crippen molar-refractivity contribution in [2.45, 2.75) is 10.6 Å². The Balaban J connectivity index is 1.50. The smallest absolute Gasteiger partial charge is 0.261 e. The molecule has 0 aliphatic carbocycles. The number of hydrogen-bond acceptors (Lipinski definition) is 4.